The van der Waals surface area contributed by atoms with Crippen LogP contribution in [0.4, 0.5) is 11.5 Å². The van der Waals surface area contributed by atoms with Crippen LogP contribution >= 0.6 is 0 Å². The van der Waals surface area contributed by atoms with E-state index >= 15 is 0 Å². The molecule has 0 unspecified atom stereocenters. The van der Waals surface area contributed by atoms with Gasteiger partial charge in [-0.05, 0) is 50.5 Å². The summed E-state index contributed by atoms with van der Waals surface area (Å²) in [7, 11) is 1.64. The number of nitrogens with zero attached hydrogens (tertiary/aromatic N) is 3. The third kappa shape index (κ3) is 5.76. The molecule has 1 aromatic heterocycles. The summed E-state index contributed by atoms with van der Waals surface area (Å²) in [6.07, 6.45) is 4.42. The average molecular weight is 398 g/mol. The first-order chi connectivity index (χ1) is 14.2. The number of aliphatic imine (C=N–C) groups is 1. The lowest BCUT2D eigenvalue weighted by Crippen LogP contribution is -2.30. The Labute approximate surface area is 173 Å². The van der Waals surface area contributed by atoms with Crippen molar-refractivity contribution in [1.82, 2.24) is 10.3 Å². The van der Waals surface area contributed by atoms with Crippen molar-refractivity contribution in [3.8, 4) is 11.5 Å². The van der Waals surface area contributed by atoms with Crippen molar-refractivity contribution in [2.75, 3.05) is 43.6 Å². The molecule has 0 spiro atoms. The second-order valence-electron chi connectivity index (χ2n) is 6.84. The van der Waals surface area contributed by atoms with E-state index in [2.05, 4.69) is 32.7 Å². The number of aromatic nitrogens is 1. The monoisotopic (exact) mass is 397 g/mol. The highest BCUT2D eigenvalue weighted by atomic mass is 16.5. The molecule has 0 saturated carbocycles. The molecule has 2 heterocycles. The number of anilines is 2. The van der Waals surface area contributed by atoms with E-state index in [9.17, 15) is 0 Å². The zero-order valence-electron chi connectivity index (χ0n) is 17.6. The van der Waals surface area contributed by atoms with Crippen molar-refractivity contribution in [3.05, 3.63) is 42.1 Å². The minimum atomic E-state index is 0.553. The summed E-state index contributed by atoms with van der Waals surface area (Å²) in [5, 5.41) is 6.61. The van der Waals surface area contributed by atoms with Crippen LogP contribution in [0.2, 0.25) is 0 Å². The molecule has 1 aliphatic rings. The van der Waals surface area contributed by atoms with Crippen molar-refractivity contribution in [3.63, 3.8) is 0 Å². The first-order valence-electron chi connectivity index (χ1n) is 10.3. The molecule has 1 aromatic carbocycles. The summed E-state index contributed by atoms with van der Waals surface area (Å²) in [5.74, 6) is 3.19. The van der Waals surface area contributed by atoms with E-state index in [1.807, 2.05) is 38.2 Å². The molecular formula is C22H31N5O2. The van der Waals surface area contributed by atoms with Crippen LogP contribution in [-0.4, -0.2) is 44.3 Å². The molecule has 29 heavy (non-hydrogen) atoms. The number of hydrogen-bond acceptors (Lipinski definition) is 5. The van der Waals surface area contributed by atoms with Crippen LogP contribution in [0, 0.1) is 0 Å². The summed E-state index contributed by atoms with van der Waals surface area (Å²) in [6, 6.07) is 9.95. The van der Waals surface area contributed by atoms with Gasteiger partial charge in [0.05, 0.1) is 20.3 Å². The van der Waals surface area contributed by atoms with Crippen molar-refractivity contribution in [2.24, 2.45) is 4.99 Å². The van der Waals surface area contributed by atoms with Gasteiger partial charge in [-0.2, -0.15) is 0 Å². The van der Waals surface area contributed by atoms with Gasteiger partial charge >= 0.3 is 0 Å². The van der Waals surface area contributed by atoms with E-state index in [0.717, 1.165) is 36.7 Å². The van der Waals surface area contributed by atoms with Gasteiger partial charge in [0, 0.05) is 37.6 Å². The predicted molar refractivity (Wildman–Crippen MR) is 118 cm³/mol. The molecule has 2 aromatic rings. The van der Waals surface area contributed by atoms with Gasteiger partial charge < -0.3 is 25.0 Å². The zero-order valence-corrected chi connectivity index (χ0v) is 17.6. The van der Waals surface area contributed by atoms with E-state index < -0.39 is 0 Å². The summed E-state index contributed by atoms with van der Waals surface area (Å²) in [4.78, 5) is 11.6. The summed E-state index contributed by atoms with van der Waals surface area (Å²) >= 11 is 0. The normalized spacial score (nSPS) is 14.0. The minimum Gasteiger partial charge on any atom is -0.493 e. The maximum Gasteiger partial charge on any atom is 0.196 e. The fourth-order valence-corrected chi connectivity index (χ4v) is 3.28. The van der Waals surface area contributed by atoms with E-state index in [1.54, 1.807) is 7.11 Å². The Morgan fingerprint density at radius 2 is 1.97 bits per heavy atom. The van der Waals surface area contributed by atoms with Crippen molar-refractivity contribution in [2.45, 2.75) is 33.2 Å². The maximum atomic E-state index is 5.66. The van der Waals surface area contributed by atoms with Gasteiger partial charge in [0.2, 0.25) is 0 Å². The molecule has 2 N–H and O–H groups in total. The van der Waals surface area contributed by atoms with Gasteiger partial charge in [-0.3, -0.25) is 0 Å². The molecule has 0 aliphatic carbocycles. The van der Waals surface area contributed by atoms with Crippen molar-refractivity contribution in [1.29, 1.82) is 0 Å². The van der Waals surface area contributed by atoms with Crippen LogP contribution in [0.15, 0.2) is 41.5 Å². The molecule has 7 heteroatoms. The SMILES string of the molecule is CCNC(=NCc1ccc(N2CCCC2)nc1)Nc1ccc(OC)c(OCC)c1. The summed E-state index contributed by atoms with van der Waals surface area (Å²) in [5.41, 5.74) is 1.96. The predicted octanol–water partition coefficient (Wildman–Crippen LogP) is 3.67. The lowest BCUT2D eigenvalue weighted by Gasteiger charge is -2.16. The molecule has 1 fully saturated rings. The number of pyridine rings is 1. The first-order valence-corrected chi connectivity index (χ1v) is 10.3. The van der Waals surface area contributed by atoms with E-state index in [0.29, 0.717) is 30.6 Å². The Kier molecular flexibility index (Phi) is 7.55. The quantitative estimate of drug-likeness (QED) is 0.523. The number of guanidine groups is 1. The Morgan fingerprint density at radius 3 is 2.62 bits per heavy atom. The van der Waals surface area contributed by atoms with Gasteiger partial charge in [0.25, 0.3) is 0 Å². The van der Waals surface area contributed by atoms with E-state index in [-0.39, 0.29) is 0 Å². The van der Waals surface area contributed by atoms with Gasteiger partial charge in [-0.25, -0.2) is 9.98 Å². The number of methoxy groups -OCH3 is 1. The number of hydrogen-bond donors (Lipinski definition) is 2. The van der Waals surface area contributed by atoms with Gasteiger partial charge in [-0.15, -0.1) is 0 Å². The fraction of sp³-hybridized carbons (Fsp3) is 0.455. The second-order valence-corrected chi connectivity index (χ2v) is 6.84. The molecular weight excluding hydrogens is 366 g/mol. The molecule has 0 amide bonds. The van der Waals surface area contributed by atoms with Crippen LogP contribution in [0.3, 0.4) is 0 Å². The molecule has 0 radical (unpaired) electrons. The highest BCUT2D eigenvalue weighted by Crippen LogP contribution is 2.30. The van der Waals surface area contributed by atoms with Crippen LogP contribution in [-0.2, 0) is 6.54 Å². The zero-order chi connectivity index (χ0) is 20.5. The smallest absolute Gasteiger partial charge is 0.196 e. The Bertz CT molecular complexity index is 801. The lowest BCUT2D eigenvalue weighted by molar-refractivity contribution is 0.311. The summed E-state index contributed by atoms with van der Waals surface area (Å²) in [6.45, 7) is 8.10. The second kappa shape index (κ2) is 10.5. The standard InChI is InChI=1S/C22H31N5O2/c1-4-23-22(26-18-9-10-19(28-3)20(14-18)29-5-2)25-16-17-8-11-21(24-15-17)27-12-6-7-13-27/h8-11,14-15H,4-7,12-13,16H2,1-3H3,(H2,23,25,26). The number of rotatable bonds is 8. The number of nitrogens with one attached hydrogen (secondary N) is 2. The molecule has 0 bridgehead atoms. The minimum absolute atomic E-state index is 0.553. The molecule has 3 rings (SSSR count). The molecule has 1 saturated heterocycles. The number of ether oxygens (including phenoxy) is 2. The summed E-state index contributed by atoms with van der Waals surface area (Å²) < 4.78 is 11.0. The van der Waals surface area contributed by atoms with Crippen LogP contribution < -0.4 is 25.0 Å². The van der Waals surface area contributed by atoms with Crippen LogP contribution in [0.25, 0.3) is 0 Å². The Hall–Kier alpha value is -2.96. The molecule has 7 nitrogen and oxygen atoms in total. The van der Waals surface area contributed by atoms with Gasteiger partial charge in [0.1, 0.15) is 5.82 Å². The average Bonchev–Trinajstić information content (AvgIpc) is 3.28. The van der Waals surface area contributed by atoms with E-state index in [1.165, 1.54) is 12.8 Å². The third-order valence-electron chi connectivity index (χ3n) is 4.73. The number of benzene rings is 1. The van der Waals surface area contributed by atoms with E-state index in [4.69, 9.17) is 14.5 Å². The third-order valence-corrected chi connectivity index (χ3v) is 4.73. The highest BCUT2D eigenvalue weighted by Gasteiger charge is 2.13. The topological polar surface area (TPSA) is 71.0 Å². The first kappa shape index (κ1) is 20.8. The van der Waals surface area contributed by atoms with Crippen LogP contribution in [0.5, 0.6) is 11.5 Å². The molecule has 1 aliphatic heterocycles. The molecule has 156 valence electrons. The highest BCUT2D eigenvalue weighted by molar-refractivity contribution is 5.93. The molecule has 0 atom stereocenters. The Balaban J connectivity index is 1.67. The van der Waals surface area contributed by atoms with Crippen LogP contribution in [0.1, 0.15) is 32.3 Å². The van der Waals surface area contributed by atoms with Gasteiger partial charge in [-0.1, -0.05) is 6.07 Å². The van der Waals surface area contributed by atoms with Crippen molar-refractivity contribution >= 4 is 17.5 Å². The van der Waals surface area contributed by atoms with Gasteiger partial charge in [0.15, 0.2) is 17.5 Å². The fourth-order valence-electron chi connectivity index (χ4n) is 3.28. The lowest BCUT2D eigenvalue weighted by atomic mass is 10.2. The van der Waals surface area contributed by atoms with Crippen molar-refractivity contribution < 1.29 is 9.47 Å². The largest absolute Gasteiger partial charge is 0.493 e. The maximum absolute atomic E-state index is 5.66. The Morgan fingerprint density at radius 1 is 1.14 bits per heavy atom.